The van der Waals surface area contributed by atoms with E-state index in [0.29, 0.717) is 55.0 Å². The molecule has 0 spiro atoms. The van der Waals surface area contributed by atoms with Crippen molar-refractivity contribution in [3.05, 3.63) is 40.7 Å². The van der Waals surface area contributed by atoms with Crippen molar-refractivity contribution >= 4 is 35.2 Å². The molecule has 3 heterocycles. The molecular formula is C21H25ClN4O3S. The molecule has 2 atom stereocenters. The van der Waals surface area contributed by atoms with Gasteiger partial charge in [-0.2, -0.15) is 4.68 Å². The number of aromatic nitrogens is 3. The lowest BCUT2D eigenvalue weighted by atomic mass is 9.92. The van der Waals surface area contributed by atoms with Gasteiger partial charge in [-0.3, -0.25) is 14.5 Å². The first-order valence-corrected chi connectivity index (χ1v) is 11.6. The van der Waals surface area contributed by atoms with Crippen molar-refractivity contribution < 1.29 is 14.3 Å². The number of likely N-dealkylation sites (tertiary alicyclic amines) is 1. The number of hydrogen-bond acceptors (Lipinski definition) is 7. The molecule has 1 fully saturated rings. The van der Waals surface area contributed by atoms with Gasteiger partial charge in [0.1, 0.15) is 5.25 Å². The highest BCUT2D eigenvalue weighted by molar-refractivity contribution is 8.00. The first kappa shape index (κ1) is 21.3. The van der Waals surface area contributed by atoms with E-state index < -0.39 is 0 Å². The average molecular weight is 449 g/mol. The highest BCUT2D eigenvalue weighted by Gasteiger charge is 2.44. The predicted molar refractivity (Wildman–Crippen MR) is 115 cm³/mol. The minimum Gasteiger partial charge on any atom is -0.466 e. The van der Waals surface area contributed by atoms with Crippen molar-refractivity contribution in [2.45, 2.75) is 49.6 Å². The van der Waals surface area contributed by atoms with Crippen LogP contribution in [0.2, 0.25) is 5.02 Å². The molecule has 9 heteroatoms. The van der Waals surface area contributed by atoms with Gasteiger partial charge in [0, 0.05) is 11.4 Å². The number of benzene rings is 1. The Morgan fingerprint density at radius 2 is 2.03 bits per heavy atom. The molecule has 0 radical (unpaired) electrons. The zero-order valence-electron chi connectivity index (χ0n) is 17.1. The van der Waals surface area contributed by atoms with Crippen LogP contribution in [0, 0.1) is 5.92 Å². The molecule has 30 heavy (non-hydrogen) atoms. The number of carbonyl (C=O) groups excluding carboxylic acids is 2. The number of rotatable bonds is 6. The van der Waals surface area contributed by atoms with Gasteiger partial charge in [0.15, 0.2) is 11.0 Å². The molecule has 2 aromatic rings. The lowest BCUT2D eigenvalue weighted by Crippen LogP contribution is -2.44. The van der Waals surface area contributed by atoms with Crippen molar-refractivity contribution in [2.75, 3.05) is 19.7 Å². The second-order valence-corrected chi connectivity index (χ2v) is 9.00. The van der Waals surface area contributed by atoms with Crippen LogP contribution in [-0.2, 0) is 16.0 Å². The van der Waals surface area contributed by atoms with Crippen molar-refractivity contribution in [1.29, 1.82) is 0 Å². The Hall–Kier alpha value is -1.90. The SMILES string of the molecule is CCOC(=O)C1CCN(C(c2ccccc2Cl)C2Sc3nc(CC)nn3C2=O)CC1. The highest BCUT2D eigenvalue weighted by Crippen LogP contribution is 2.43. The fourth-order valence-electron chi connectivity index (χ4n) is 4.13. The zero-order chi connectivity index (χ0) is 21.3. The lowest BCUT2D eigenvalue weighted by molar-refractivity contribution is -0.149. The molecule has 1 aromatic carbocycles. The summed E-state index contributed by atoms with van der Waals surface area (Å²) >= 11 is 8.01. The molecule has 160 valence electrons. The smallest absolute Gasteiger partial charge is 0.309 e. The summed E-state index contributed by atoms with van der Waals surface area (Å²) in [4.78, 5) is 32.1. The summed E-state index contributed by atoms with van der Waals surface area (Å²) in [5.41, 5.74) is 0.918. The Labute approximate surface area is 185 Å². The maximum atomic E-state index is 13.2. The van der Waals surface area contributed by atoms with Crippen LogP contribution in [0.3, 0.4) is 0 Å². The molecule has 7 nitrogen and oxygen atoms in total. The van der Waals surface area contributed by atoms with Gasteiger partial charge in [-0.25, -0.2) is 4.98 Å². The van der Waals surface area contributed by atoms with Crippen molar-refractivity contribution in [1.82, 2.24) is 19.7 Å². The van der Waals surface area contributed by atoms with E-state index in [9.17, 15) is 9.59 Å². The van der Waals surface area contributed by atoms with Gasteiger partial charge in [0.05, 0.1) is 18.6 Å². The monoisotopic (exact) mass is 448 g/mol. The number of piperidine rings is 1. The van der Waals surface area contributed by atoms with Gasteiger partial charge in [-0.05, 0) is 44.5 Å². The average Bonchev–Trinajstić information content (AvgIpc) is 3.29. The Morgan fingerprint density at radius 1 is 1.30 bits per heavy atom. The van der Waals surface area contributed by atoms with E-state index in [2.05, 4.69) is 15.0 Å². The summed E-state index contributed by atoms with van der Waals surface area (Å²) in [5.74, 6) is 0.381. The molecule has 2 unspecified atom stereocenters. The fourth-order valence-corrected chi connectivity index (χ4v) is 5.64. The van der Waals surface area contributed by atoms with E-state index in [4.69, 9.17) is 16.3 Å². The highest BCUT2D eigenvalue weighted by atomic mass is 35.5. The van der Waals surface area contributed by atoms with E-state index in [1.54, 1.807) is 0 Å². The lowest BCUT2D eigenvalue weighted by Gasteiger charge is -2.39. The summed E-state index contributed by atoms with van der Waals surface area (Å²) in [6, 6.07) is 7.44. The van der Waals surface area contributed by atoms with Crippen LogP contribution in [0.1, 0.15) is 48.9 Å². The van der Waals surface area contributed by atoms with Crippen LogP contribution < -0.4 is 0 Å². The van der Waals surface area contributed by atoms with Gasteiger partial charge in [0.25, 0.3) is 5.91 Å². The third-order valence-electron chi connectivity index (χ3n) is 5.68. The van der Waals surface area contributed by atoms with Crippen LogP contribution in [0.15, 0.2) is 29.4 Å². The van der Waals surface area contributed by atoms with E-state index in [1.807, 2.05) is 38.1 Å². The molecule has 0 N–H and O–H groups in total. The summed E-state index contributed by atoms with van der Waals surface area (Å²) in [6.45, 7) is 5.58. The molecule has 2 aliphatic heterocycles. The second kappa shape index (κ2) is 9.08. The quantitative estimate of drug-likeness (QED) is 0.624. The minimum atomic E-state index is -0.384. The molecule has 4 rings (SSSR count). The second-order valence-electron chi connectivity index (χ2n) is 7.48. The Bertz CT molecular complexity index is 942. The number of aryl methyl sites for hydroxylation is 1. The zero-order valence-corrected chi connectivity index (χ0v) is 18.7. The number of hydrogen-bond donors (Lipinski definition) is 0. The predicted octanol–water partition coefficient (Wildman–Crippen LogP) is 3.62. The third-order valence-corrected chi connectivity index (χ3v) is 7.21. The van der Waals surface area contributed by atoms with Crippen molar-refractivity contribution in [3.8, 4) is 0 Å². The van der Waals surface area contributed by atoms with E-state index in [1.165, 1.54) is 16.4 Å². The van der Waals surface area contributed by atoms with Crippen LogP contribution in [0.25, 0.3) is 0 Å². The van der Waals surface area contributed by atoms with Gasteiger partial charge < -0.3 is 4.74 Å². The molecular weight excluding hydrogens is 424 g/mol. The Kier molecular flexibility index (Phi) is 6.46. The van der Waals surface area contributed by atoms with Crippen molar-refractivity contribution in [2.24, 2.45) is 5.92 Å². The Balaban J connectivity index is 1.59. The topological polar surface area (TPSA) is 77.3 Å². The van der Waals surface area contributed by atoms with E-state index in [0.717, 1.165) is 5.56 Å². The number of esters is 1. The largest absolute Gasteiger partial charge is 0.466 e. The number of fused-ring (bicyclic) bond motifs is 1. The summed E-state index contributed by atoms with van der Waals surface area (Å²) in [6.07, 6.45) is 2.09. The number of ether oxygens (including phenoxy) is 1. The van der Waals surface area contributed by atoms with Gasteiger partial charge in [-0.1, -0.05) is 48.5 Å². The van der Waals surface area contributed by atoms with Crippen molar-refractivity contribution in [3.63, 3.8) is 0 Å². The molecule has 0 amide bonds. The standard InChI is InChI=1S/C21H25ClN4O3S/c1-3-16-23-21-26(24-16)19(27)18(30-21)17(14-7-5-6-8-15(14)22)25-11-9-13(10-12-25)20(28)29-4-2/h5-8,13,17-18H,3-4,9-12H2,1-2H3. The molecule has 0 saturated carbocycles. The number of thioether (sulfide) groups is 1. The van der Waals surface area contributed by atoms with Crippen LogP contribution in [0.4, 0.5) is 0 Å². The number of halogens is 1. The molecule has 1 aromatic heterocycles. The maximum absolute atomic E-state index is 13.2. The molecule has 0 bridgehead atoms. The van der Waals surface area contributed by atoms with Crippen LogP contribution >= 0.6 is 23.4 Å². The van der Waals surface area contributed by atoms with Crippen LogP contribution in [0.5, 0.6) is 0 Å². The first-order chi connectivity index (χ1) is 14.5. The maximum Gasteiger partial charge on any atom is 0.309 e. The minimum absolute atomic E-state index is 0.0698. The van der Waals surface area contributed by atoms with Gasteiger partial charge in [0.2, 0.25) is 0 Å². The summed E-state index contributed by atoms with van der Waals surface area (Å²) in [7, 11) is 0. The number of carbonyl (C=O) groups is 2. The molecule has 2 aliphatic rings. The van der Waals surface area contributed by atoms with E-state index >= 15 is 0 Å². The van der Waals surface area contributed by atoms with Gasteiger partial charge >= 0.3 is 5.97 Å². The summed E-state index contributed by atoms with van der Waals surface area (Å²) in [5, 5.41) is 5.25. The fraction of sp³-hybridized carbons (Fsp3) is 0.524. The van der Waals surface area contributed by atoms with Gasteiger partial charge in [-0.15, -0.1) is 5.10 Å². The summed E-state index contributed by atoms with van der Waals surface area (Å²) < 4.78 is 6.63. The first-order valence-electron chi connectivity index (χ1n) is 10.3. The normalized spacial score (nSPS) is 20.9. The van der Waals surface area contributed by atoms with E-state index in [-0.39, 0.29) is 29.1 Å². The molecule has 1 saturated heterocycles. The molecule has 0 aliphatic carbocycles. The Morgan fingerprint density at radius 3 is 2.67 bits per heavy atom. The third kappa shape index (κ3) is 4.00. The van der Waals surface area contributed by atoms with Crippen LogP contribution in [-0.4, -0.2) is 56.5 Å². The number of nitrogens with zero attached hydrogens (tertiary/aromatic N) is 4.